The Bertz CT molecular complexity index is 271. The van der Waals surface area contributed by atoms with Crippen LogP contribution in [0.25, 0.3) is 0 Å². The molecule has 2 N–H and O–H groups in total. The number of hydrogen-bond acceptors (Lipinski definition) is 2. The van der Waals surface area contributed by atoms with E-state index in [1.54, 1.807) is 0 Å². The van der Waals surface area contributed by atoms with E-state index < -0.39 is 0 Å². The lowest BCUT2D eigenvalue weighted by Crippen LogP contribution is -2.46. The number of aliphatic imine (C=N–C) groups is 1. The molecule has 0 aromatic rings. The Balaban J connectivity index is 1.80. The van der Waals surface area contributed by atoms with Crippen molar-refractivity contribution < 1.29 is 4.74 Å². The van der Waals surface area contributed by atoms with Crippen LogP contribution in [-0.4, -0.2) is 42.7 Å². The number of likely N-dealkylation sites (tertiary alicyclic amines) is 1. The number of ether oxygens (including phenoxy) is 1. The third-order valence-corrected chi connectivity index (χ3v) is 3.49. The van der Waals surface area contributed by atoms with Crippen LogP contribution < -0.4 is 5.73 Å². The van der Waals surface area contributed by atoms with Crippen molar-refractivity contribution in [1.82, 2.24) is 4.90 Å². The summed E-state index contributed by atoms with van der Waals surface area (Å²) in [6, 6.07) is 0. The standard InChI is InChI=1S/C12H23N3O/c1-12(2)8-10(4-7-16-12)9-14-11(13)15-5-3-6-15/h10H,3-9H2,1-2H3,(H2,13,14). The molecule has 16 heavy (non-hydrogen) atoms. The van der Waals surface area contributed by atoms with Crippen LogP contribution in [0.5, 0.6) is 0 Å². The van der Waals surface area contributed by atoms with Crippen LogP contribution in [0.2, 0.25) is 0 Å². The van der Waals surface area contributed by atoms with E-state index >= 15 is 0 Å². The molecule has 0 bridgehead atoms. The lowest BCUT2D eigenvalue weighted by molar-refractivity contribution is -0.0705. The van der Waals surface area contributed by atoms with Gasteiger partial charge in [-0.2, -0.15) is 0 Å². The van der Waals surface area contributed by atoms with Crippen LogP contribution in [-0.2, 0) is 4.74 Å². The lowest BCUT2D eigenvalue weighted by Gasteiger charge is -2.35. The number of hydrogen-bond donors (Lipinski definition) is 1. The smallest absolute Gasteiger partial charge is 0.191 e. The zero-order valence-corrected chi connectivity index (χ0v) is 10.4. The Kier molecular flexibility index (Phi) is 3.38. The minimum absolute atomic E-state index is 0.0178. The van der Waals surface area contributed by atoms with Crippen LogP contribution >= 0.6 is 0 Å². The molecule has 4 nitrogen and oxygen atoms in total. The second-order valence-electron chi connectivity index (χ2n) is 5.51. The van der Waals surface area contributed by atoms with Crippen LogP contribution in [0.4, 0.5) is 0 Å². The molecule has 0 radical (unpaired) electrons. The van der Waals surface area contributed by atoms with Crippen LogP contribution in [0, 0.1) is 5.92 Å². The zero-order valence-electron chi connectivity index (χ0n) is 10.4. The first-order chi connectivity index (χ1) is 7.57. The first kappa shape index (κ1) is 11.7. The van der Waals surface area contributed by atoms with E-state index in [9.17, 15) is 0 Å². The predicted molar refractivity (Wildman–Crippen MR) is 65.4 cm³/mol. The van der Waals surface area contributed by atoms with Gasteiger partial charge in [0.05, 0.1) is 5.60 Å². The van der Waals surface area contributed by atoms with E-state index in [4.69, 9.17) is 10.5 Å². The maximum atomic E-state index is 5.91. The van der Waals surface area contributed by atoms with Crippen molar-refractivity contribution >= 4 is 5.96 Å². The lowest BCUT2D eigenvalue weighted by atomic mass is 9.88. The summed E-state index contributed by atoms with van der Waals surface area (Å²) in [7, 11) is 0. The molecule has 0 aromatic carbocycles. The third-order valence-electron chi connectivity index (χ3n) is 3.49. The molecular weight excluding hydrogens is 202 g/mol. The van der Waals surface area contributed by atoms with Crippen LogP contribution in [0.1, 0.15) is 33.1 Å². The van der Waals surface area contributed by atoms with E-state index in [2.05, 4.69) is 23.7 Å². The van der Waals surface area contributed by atoms with Crippen molar-refractivity contribution in [2.75, 3.05) is 26.2 Å². The Labute approximate surface area is 97.9 Å². The van der Waals surface area contributed by atoms with Crippen LogP contribution in [0.15, 0.2) is 4.99 Å². The van der Waals surface area contributed by atoms with Gasteiger partial charge in [0, 0.05) is 26.2 Å². The number of nitrogens with zero attached hydrogens (tertiary/aromatic N) is 2. The Hall–Kier alpha value is -0.770. The van der Waals surface area contributed by atoms with Gasteiger partial charge in [-0.1, -0.05) is 0 Å². The summed E-state index contributed by atoms with van der Waals surface area (Å²) in [5.41, 5.74) is 5.93. The molecule has 2 aliphatic rings. The molecule has 92 valence electrons. The molecular formula is C12H23N3O. The van der Waals surface area contributed by atoms with Crippen molar-refractivity contribution in [3.63, 3.8) is 0 Å². The van der Waals surface area contributed by atoms with Crippen LogP contribution in [0.3, 0.4) is 0 Å². The Morgan fingerprint density at radius 1 is 1.50 bits per heavy atom. The van der Waals surface area contributed by atoms with Crippen molar-refractivity contribution in [1.29, 1.82) is 0 Å². The summed E-state index contributed by atoms with van der Waals surface area (Å²) in [5.74, 6) is 1.36. The highest BCUT2D eigenvalue weighted by Crippen LogP contribution is 2.28. The summed E-state index contributed by atoms with van der Waals surface area (Å²) >= 11 is 0. The van der Waals surface area contributed by atoms with Gasteiger partial charge in [-0.25, -0.2) is 0 Å². The van der Waals surface area contributed by atoms with Gasteiger partial charge >= 0.3 is 0 Å². The van der Waals surface area contributed by atoms with E-state index in [0.717, 1.165) is 45.0 Å². The van der Waals surface area contributed by atoms with Gasteiger partial charge in [0.2, 0.25) is 0 Å². The van der Waals surface area contributed by atoms with Gasteiger partial charge in [0.25, 0.3) is 0 Å². The van der Waals surface area contributed by atoms with E-state index in [1.807, 2.05) is 0 Å². The number of rotatable bonds is 2. The molecule has 0 amide bonds. The molecule has 1 unspecified atom stereocenters. The molecule has 0 spiro atoms. The summed E-state index contributed by atoms with van der Waals surface area (Å²) in [6.45, 7) is 8.18. The highest BCUT2D eigenvalue weighted by molar-refractivity contribution is 5.78. The average molecular weight is 225 g/mol. The normalized spacial score (nSPS) is 30.0. The first-order valence-corrected chi connectivity index (χ1v) is 6.26. The summed E-state index contributed by atoms with van der Waals surface area (Å²) in [4.78, 5) is 6.64. The number of guanidine groups is 1. The van der Waals surface area contributed by atoms with Crippen molar-refractivity contribution in [2.24, 2.45) is 16.6 Å². The van der Waals surface area contributed by atoms with Gasteiger partial charge in [-0.3, -0.25) is 4.99 Å². The Morgan fingerprint density at radius 3 is 2.81 bits per heavy atom. The molecule has 2 saturated heterocycles. The minimum Gasteiger partial charge on any atom is -0.376 e. The quantitative estimate of drug-likeness (QED) is 0.568. The fraction of sp³-hybridized carbons (Fsp3) is 0.917. The fourth-order valence-electron chi connectivity index (χ4n) is 2.38. The predicted octanol–water partition coefficient (Wildman–Crippen LogP) is 1.21. The van der Waals surface area contributed by atoms with Gasteiger partial charge in [0.1, 0.15) is 0 Å². The molecule has 0 saturated carbocycles. The summed E-state index contributed by atoms with van der Waals surface area (Å²) in [6.07, 6.45) is 3.45. The van der Waals surface area contributed by atoms with Gasteiger partial charge in [-0.05, 0) is 39.0 Å². The first-order valence-electron chi connectivity index (χ1n) is 6.26. The van der Waals surface area contributed by atoms with Crippen molar-refractivity contribution in [3.8, 4) is 0 Å². The topological polar surface area (TPSA) is 50.8 Å². The summed E-state index contributed by atoms with van der Waals surface area (Å²) in [5, 5.41) is 0. The molecule has 0 aromatic heterocycles. The minimum atomic E-state index is 0.0178. The fourth-order valence-corrected chi connectivity index (χ4v) is 2.38. The SMILES string of the molecule is CC1(C)CC(CN=C(N)N2CCC2)CCO1. The zero-order chi connectivity index (χ0) is 11.6. The molecule has 2 heterocycles. The highest BCUT2D eigenvalue weighted by atomic mass is 16.5. The van der Waals surface area contributed by atoms with Crippen molar-refractivity contribution in [2.45, 2.75) is 38.7 Å². The molecule has 2 aliphatic heterocycles. The highest BCUT2D eigenvalue weighted by Gasteiger charge is 2.28. The maximum absolute atomic E-state index is 5.91. The van der Waals surface area contributed by atoms with Gasteiger partial charge in [-0.15, -0.1) is 0 Å². The second kappa shape index (κ2) is 4.62. The monoisotopic (exact) mass is 225 g/mol. The number of nitrogens with two attached hydrogens (primary N) is 1. The van der Waals surface area contributed by atoms with Gasteiger partial charge in [0.15, 0.2) is 5.96 Å². The average Bonchev–Trinajstić information content (AvgIpc) is 2.10. The molecule has 2 fully saturated rings. The maximum Gasteiger partial charge on any atom is 0.191 e. The Morgan fingerprint density at radius 2 is 2.25 bits per heavy atom. The summed E-state index contributed by atoms with van der Waals surface area (Å²) < 4.78 is 5.69. The van der Waals surface area contributed by atoms with E-state index in [-0.39, 0.29) is 5.60 Å². The third kappa shape index (κ3) is 2.88. The molecule has 0 aliphatic carbocycles. The van der Waals surface area contributed by atoms with E-state index in [1.165, 1.54) is 6.42 Å². The van der Waals surface area contributed by atoms with Gasteiger partial charge < -0.3 is 15.4 Å². The van der Waals surface area contributed by atoms with E-state index in [0.29, 0.717) is 5.92 Å². The molecule has 2 rings (SSSR count). The molecule has 1 atom stereocenters. The molecule has 4 heteroatoms. The second-order valence-corrected chi connectivity index (χ2v) is 5.51. The largest absolute Gasteiger partial charge is 0.376 e. The van der Waals surface area contributed by atoms with Crippen molar-refractivity contribution in [3.05, 3.63) is 0 Å².